The van der Waals surface area contributed by atoms with Crippen LogP contribution in [0, 0.1) is 10.1 Å². The van der Waals surface area contributed by atoms with Crippen LogP contribution in [-0.2, 0) is 14.3 Å². The first kappa shape index (κ1) is 21.2. The number of nitro benzene ring substituents is 1. The van der Waals surface area contributed by atoms with Crippen LogP contribution in [0.2, 0.25) is 0 Å². The fourth-order valence-electron chi connectivity index (χ4n) is 2.47. The van der Waals surface area contributed by atoms with Crippen LogP contribution in [0.4, 0.5) is 11.4 Å². The second kappa shape index (κ2) is 9.81. The molecule has 0 unspecified atom stereocenters. The van der Waals surface area contributed by atoms with Crippen molar-refractivity contribution in [3.63, 3.8) is 0 Å². The standard InChI is InChI=1S/C20H16N2O6S2/c1-27-13-6-7-16(17(10-13)22(25)26)21-19(23)12-28-20(24)15(18-5-3-9-30-18)11-14-4-2-8-29-14/h2-11H,12H2,1H3,(H,21,23)/b15-11+. The topological polar surface area (TPSA) is 108 Å². The van der Waals surface area contributed by atoms with Crippen LogP contribution in [0.3, 0.4) is 0 Å². The number of esters is 1. The molecule has 1 N–H and O–H groups in total. The van der Waals surface area contributed by atoms with Gasteiger partial charge in [0.15, 0.2) is 6.61 Å². The highest BCUT2D eigenvalue weighted by atomic mass is 32.1. The van der Waals surface area contributed by atoms with Crippen molar-refractivity contribution in [1.82, 2.24) is 0 Å². The summed E-state index contributed by atoms with van der Waals surface area (Å²) in [6, 6.07) is 11.3. The Bertz CT molecular complexity index is 1070. The minimum absolute atomic E-state index is 0.0190. The van der Waals surface area contributed by atoms with Crippen molar-refractivity contribution in [2.75, 3.05) is 19.0 Å². The zero-order chi connectivity index (χ0) is 21.5. The molecular weight excluding hydrogens is 428 g/mol. The van der Waals surface area contributed by atoms with Gasteiger partial charge in [-0.25, -0.2) is 4.79 Å². The van der Waals surface area contributed by atoms with Gasteiger partial charge >= 0.3 is 5.97 Å². The van der Waals surface area contributed by atoms with Crippen molar-refractivity contribution < 1.29 is 24.0 Å². The van der Waals surface area contributed by atoms with Gasteiger partial charge in [0.05, 0.1) is 23.7 Å². The van der Waals surface area contributed by atoms with Gasteiger partial charge in [-0.05, 0) is 41.1 Å². The van der Waals surface area contributed by atoms with Crippen molar-refractivity contribution in [3.05, 3.63) is 73.1 Å². The third kappa shape index (κ3) is 5.31. The highest BCUT2D eigenvalue weighted by Crippen LogP contribution is 2.29. The Hall–Kier alpha value is -3.50. The first-order valence-corrected chi connectivity index (χ1v) is 10.3. The zero-order valence-corrected chi connectivity index (χ0v) is 17.3. The number of nitrogens with one attached hydrogen (secondary N) is 1. The molecule has 0 spiro atoms. The van der Waals surface area contributed by atoms with Crippen molar-refractivity contribution in [2.24, 2.45) is 0 Å². The highest BCUT2D eigenvalue weighted by Gasteiger charge is 2.20. The molecule has 0 saturated carbocycles. The summed E-state index contributed by atoms with van der Waals surface area (Å²) in [7, 11) is 1.38. The summed E-state index contributed by atoms with van der Waals surface area (Å²) in [4.78, 5) is 37.0. The van der Waals surface area contributed by atoms with Crippen LogP contribution < -0.4 is 10.1 Å². The summed E-state index contributed by atoms with van der Waals surface area (Å²) in [5.41, 5.74) is -0.0176. The molecule has 0 fully saturated rings. The summed E-state index contributed by atoms with van der Waals surface area (Å²) >= 11 is 2.84. The van der Waals surface area contributed by atoms with Crippen LogP contribution in [0.5, 0.6) is 5.75 Å². The van der Waals surface area contributed by atoms with E-state index in [0.29, 0.717) is 10.5 Å². The number of anilines is 1. The molecule has 154 valence electrons. The number of carbonyl (C=O) groups is 2. The lowest BCUT2D eigenvalue weighted by molar-refractivity contribution is -0.384. The smallest absolute Gasteiger partial charge is 0.340 e. The first-order chi connectivity index (χ1) is 14.5. The van der Waals surface area contributed by atoms with Crippen LogP contribution in [0.25, 0.3) is 11.6 Å². The number of methoxy groups -OCH3 is 1. The maximum atomic E-state index is 12.6. The number of nitrogens with zero attached hydrogens (tertiary/aromatic N) is 1. The van der Waals surface area contributed by atoms with E-state index in [1.165, 1.54) is 48.0 Å². The monoisotopic (exact) mass is 444 g/mol. The van der Waals surface area contributed by atoms with E-state index < -0.39 is 23.4 Å². The van der Waals surface area contributed by atoms with Gasteiger partial charge in [-0.15, -0.1) is 22.7 Å². The number of nitro groups is 1. The maximum absolute atomic E-state index is 12.6. The molecule has 10 heteroatoms. The van der Waals surface area contributed by atoms with Crippen LogP contribution in [0.15, 0.2) is 53.2 Å². The van der Waals surface area contributed by atoms with Crippen LogP contribution in [0.1, 0.15) is 9.75 Å². The number of thiophene rings is 2. The summed E-state index contributed by atoms with van der Waals surface area (Å²) in [6.45, 7) is -0.588. The molecule has 3 rings (SSSR count). The van der Waals surface area contributed by atoms with E-state index in [-0.39, 0.29) is 17.1 Å². The minimum atomic E-state index is -0.696. The SMILES string of the molecule is COc1ccc(NC(=O)COC(=O)/C(=C/c2cccs2)c2cccs2)c([N+](=O)[O-])c1. The number of hydrogen-bond donors (Lipinski definition) is 1. The summed E-state index contributed by atoms with van der Waals surface area (Å²) in [5.74, 6) is -1.08. The molecule has 1 aromatic carbocycles. The molecule has 0 atom stereocenters. The van der Waals surface area contributed by atoms with Gasteiger partial charge in [0.1, 0.15) is 11.4 Å². The highest BCUT2D eigenvalue weighted by molar-refractivity contribution is 7.12. The van der Waals surface area contributed by atoms with Gasteiger partial charge in [0.2, 0.25) is 0 Å². The van der Waals surface area contributed by atoms with Gasteiger partial charge in [0.25, 0.3) is 11.6 Å². The van der Waals surface area contributed by atoms with Gasteiger partial charge in [0, 0.05) is 9.75 Å². The van der Waals surface area contributed by atoms with Gasteiger partial charge in [-0.1, -0.05) is 12.1 Å². The second-order valence-corrected chi connectivity index (χ2v) is 7.74. The Morgan fingerprint density at radius 2 is 1.93 bits per heavy atom. The third-order valence-corrected chi connectivity index (χ3v) is 5.57. The fraction of sp³-hybridized carbons (Fsp3) is 0.100. The van der Waals surface area contributed by atoms with Crippen molar-refractivity contribution in [1.29, 1.82) is 0 Å². The van der Waals surface area contributed by atoms with Gasteiger partial charge in [-0.2, -0.15) is 0 Å². The average Bonchev–Trinajstić information content (AvgIpc) is 3.44. The largest absolute Gasteiger partial charge is 0.496 e. The molecule has 8 nitrogen and oxygen atoms in total. The fourth-order valence-corrected chi connectivity index (χ4v) is 3.86. The van der Waals surface area contributed by atoms with Crippen molar-refractivity contribution in [2.45, 2.75) is 0 Å². The molecule has 2 aromatic heterocycles. The second-order valence-electron chi connectivity index (χ2n) is 5.82. The molecule has 3 aromatic rings. The molecular formula is C20H16N2O6S2. The lowest BCUT2D eigenvalue weighted by atomic mass is 10.2. The lowest BCUT2D eigenvalue weighted by Crippen LogP contribution is -2.21. The van der Waals surface area contributed by atoms with E-state index in [0.717, 1.165) is 4.88 Å². The number of benzene rings is 1. The molecule has 30 heavy (non-hydrogen) atoms. The van der Waals surface area contributed by atoms with Gasteiger partial charge < -0.3 is 14.8 Å². The number of carbonyl (C=O) groups excluding carboxylic acids is 2. The molecule has 0 aliphatic rings. The van der Waals surface area contributed by atoms with Crippen molar-refractivity contribution >= 4 is 57.6 Å². The molecule has 0 saturated heterocycles. The average molecular weight is 444 g/mol. The molecule has 0 radical (unpaired) electrons. The Kier molecular flexibility index (Phi) is 6.94. The Morgan fingerprint density at radius 3 is 2.57 bits per heavy atom. The maximum Gasteiger partial charge on any atom is 0.340 e. The third-order valence-electron chi connectivity index (χ3n) is 3.85. The van der Waals surface area contributed by atoms with E-state index in [9.17, 15) is 19.7 Å². The molecule has 1 amide bonds. The Morgan fingerprint density at radius 1 is 1.17 bits per heavy atom. The van der Waals surface area contributed by atoms with Gasteiger partial charge in [-0.3, -0.25) is 14.9 Å². The Labute approximate surface area is 179 Å². The number of rotatable bonds is 8. The van der Waals surface area contributed by atoms with Crippen LogP contribution in [-0.4, -0.2) is 30.5 Å². The van der Waals surface area contributed by atoms with E-state index >= 15 is 0 Å². The number of ether oxygens (including phenoxy) is 2. The molecule has 0 aliphatic carbocycles. The first-order valence-electron chi connectivity index (χ1n) is 8.56. The van der Waals surface area contributed by atoms with Crippen LogP contribution >= 0.6 is 22.7 Å². The molecule has 0 bridgehead atoms. The van der Waals surface area contributed by atoms with E-state index in [1.54, 1.807) is 12.1 Å². The summed E-state index contributed by atoms with van der Waals surface area (Å²) in [6.07, 6.45) is 1.70. The van der Waals surface area contributed by atoms with Crippen molar-refractivity contribution in [3.8, 4) is 5.75 Å². The summed E-state index contributed by atoms with van der Waals surface area (Å²) in [5, 5.41) is 17.3. The number of hydrogen-bond acceptors (Lipinski definition) is 8. The van der Waals surface area contributed by atoms with E-state index in [4.69, 9.17) is 9.47 Å². The molecule has 2 heterocycles. The van der Waals surface area contributed by atoms with E-state index in [2.05, 4.69) is 5.32 Å². The predicted molar refractivity (Wildman–Crippen MR) is 116 cm³/mol. The zero-order valence-electron chi connectivity index (χ0n) is 15.7. The minimum Gasteiger partial charge on any atom is -0.496 e. The molecule has 0 aliphatic heterocycles. The quantitative estimate of drug-likeness (QED) is 0.238. The van der Waals surface area contributed by atoms with E-state index in [1.807, 2.05) is 29.0 Å². The Balaban J connectivity index is 1.69. The summed E-state index contributed by atoms with van der Waals surface area (Å²) < 4.78 is 10.1. The number of amides is 1. The normalized spacial score (nSPS) is 11.0. The predicted octanol–water partition coefficient (Wildman–Crippen LogP) is 4.45. The lowest BCUT2D eigenvalue weighted by Gasteiger charge is -2.09.